The van der Waals surface area contributed by atoms with E-state index in [4.69, 9.17) is 4.74 Å². The van der Waals surface area contributed by atoms with Gasteiger partial charge in [-0.1, -0.05) is 0 Å². The summed E-state index contributed by atoms with van der Waals surface area (Å²) in [5.41, 5.74) is 0.726. The van der Waals surface area contributed by atoms with Gasteiger partial charge < -0.3 is 4.74 Å². The molecule has 2 nitrogen and oxygen atoms in total. The minimum Gasteiger partial charge on any atom is -0.496 e. The smallest absolute Gasteiger partial charge is 0.161 e. The first-order valence-corrected chi connectivity index (χ1v) is 5.76. The Morgan fingerprint density at radius 3 is 2.46 bits per heavy atom. The number of carbonyl (C=O) groups is 1. The van der Waals surface area contributed by atoms with Crippen molar-refractivity contribution in [3.63, 3.8) is 0 Å². The van der Waals surface area contributed by atoms with E-state index in [0.29, 0.717) is 0 Å². The average Bonchev–Trinajstić information content (AvgIpc) is 2.08. The second kappa shape index (κ2) is 4.59. The molecule has 0 saturated carbocycles. The molecule has 13 heavy (non-hydrogen) atoms. The van der Waals surface area contributed by atoms with Crippen molar-refractivity contribution >= 4 is 51.0 Å². The Morgan fingerprint density at radius 2 is 2.00 bits per heavy atom. The predicted molar refractivity (Wildman–Crippen MR) is 68.4 cm³/mol. The molecule has 1 aromatic carbocycles. The normalized spacial score (nSPS) is 9.85. The summed E-state index contributed by atoms with van der Waals surface area (Å²) in [6.07, 6.45) is 0. The van der Waals surface area contributed by atoms with Crippen LogP contribution in [0.15, 0.2) is 12.1 Å². The third kappa shape index (κ3) is 2.55. The van der Waals surface area contributed by atoms with E-state index in [2.05, 4.69) is 45.2 Å². The molecular formula is C9H8I2O2. The fraction of sp³-hybridized carbons (Fsp3) is 0.222. The van der Waals surface area contributed by atoms with Crippen molar-refractivity contribution in [1.82, 2.24) is 0 Å². The highest BCUT2D eigenvalue weighted by atomic mass is 127. The van der Waals surface area contributed by atoms with Gasteiger partial charge in [0.05, 0.1) is 10.7 Å². The molecule has 0 atom stereocenters. The van der Waals surface area contributed by atoms with Gasteiger partial charge in [0.1, 0.15) is 5.75 Å². The lowest BCUT2D eigenvalue weighted by molar-refractivity contribution is 0.101. The van der Waals surface area contributed by atoms with Gasteiger partial charge in [0.25, 0.3) is 0 Å². The van der Waals surface area contributed by atoms with Gasteiger partial charge in [0, 0.05) is 9.13 Å². The van der Waals surface area contributed by atoms with Gasteiger partial charge in [-0.3, -0.25) is 4.79 Å². The zero-order valence-electron chi connectivity index (χ0n) is 7.23. The summed E-state index contributed by atoms with van der Waals surface area (Å²) < 4.78 is 7.05. The number of Topliss-reactive ketones (excluding diaryl/α,β-unsaturated/α-hetero) is 1. The number of ketones is 1. The number of hydrogen-bond donors (Lipinski definition) is 0. The van der Waals surface area contributed by atoms with Crippen molar-refractivity contribution in [2.75, 3.05) is 7.11 Å². The third-order valence-electron chi connectivity index (χ3n) is 1.60. The van der Waals surface area contributed by atoms with Crippen molar-refractivity contribution < 1.29 is 9.53 Å². The van der Waals surface area contributed by atoms with Crippen LogP contribution < -0.4 is 4.74 Å². The second-order valence-corrected chi connectivity index (χ2v) is 4.85. The minimum atomic E-state index is 0.0706. The van der Waals surface area contributed by atoms with Crippen molar-refractivity contribution in [2.45, 2.75) is 6.92 Å². The summed E-state index contributed by atoms with van der Waals surface area (Å²) >= 11 is 4.29. The molecule has 0 saturated heterocycles. The Labute approximate surface area is 104 Å². The average molecular weight is 402 g/mol. The van der Waals surface area contributed by atoms with Crippen molar-refractivity contribution in [3.8, 4) is 5.75 Å². The number of hydrogen-bond acceptors (Lipinski definition) is 2. The van der Waals surface area contributed by atoms with Gasteiger partial charge >= 0.3 is 0 Å². The number of rotatable bonds is 2. The standard InChI is InChI=1S/C9H8I2O2/c1-5(12)7-3-6(10)4-8(13-2)9(7)11/h3-4H,1-2H3. The van der Waals surface area contributed by atoms with Crippen LogP contribution in [-0.4, -0.2) is 12.9 Å². The minimum absolute atomic E-state index is 0.0706. The summed E-state index contributed by atoms with van der Waals surface area (Å²) in [6.45, 7) is 1.56. The molecular weight excluding hydrogens is 394 g/mol. The molecule has 4 heteroatoms. The Balaban J connectivity index is 3.35. The van der Waals surface area contributed by atoms with Crippen LogP contribution in [0.3, 0.4) is 0 Å². The van der Waals surface area contributed by atoms with Gasteiger partial charge in [-0.25, -0.2) is 0 Å². The maximum Gasteiger partial charge on any atom is 0.161 e. The lowest BCUT2D eigenvalue weighted by Gasteiger charge is -2.07. The molecule has 0 heterocycles. The van der Waals surface area contributed by atoms with E-state index in [0.717, 1.165) is 18.5 Å². The summed E-state index contributed by atoms with van der Waals surface area (Å²) in [5.74, 6) is 0.832. The van der Waals surface area contributed by atoms with Crippen LogP contribution in [0.25, 0.3) is 0 Å². The highest BCUT2D eigenvalue weighted by Gasteiger charge is 2.11. The topological polar surface area (TPSA) is 26.3 Å². The molecule has 70 valence electrons. The Kier molecular flexibility index (Phi) is 3.96. The van der Waals surface area contributed by atoms with E-state index >= 15 is 0 Å². The molecule has 1 aromatic rings. The van der Waals surface area contributed by atoms with Crippen LogP contribution >= 0.6 is 45.2 Å². The zero-order valence-corrected chi connectivity index (χ0v) is 11.5. The van der Waals surface area contributed by atoms with Crippen molar-refractivity contribution in [3.05, 3.63) is 24.8 Å². The predicted octanol–water partition coefficient (Wildman–Crippen LogP) is 3.11. The van der Waals surface area contributed by atoms with Gasteiger partial charge in [-0.2, -0.15) is 0 Å². The first kappa shape index (κ1) is 11.2. The van der Waals surface area contributed by atoms with Gasteiger partial charge in [-0.05, 0) is 64.2 Å². The van der Waals surface area contributed by atoms with Crippen molar-refractivity contribution in [2.24, 2.45) is 0 Å². The van der Waals surface area contributed by atoms with Crippen LogP contribution in [0.1, 0.15) is 17.3 Å². The van der Waals surface area contributed by atoms with E-state index in [-0.39, 0.29) is 5.78 Å². The van der Waals surface area contributed by atoms with Gasteiger partial charge in [-0.15, -0.1) is 0 Å². The van der Waals surface area contributed by atoms with Crippen LogP contribution in [0.5, 0.6) is 5.75 Å². The van der Waals surface area contributed by atoms with E-state index in [1.165, 1.54) is 0 Å². The lowest BCUT2D eigenvalue weighted by atomic mass is 10.1. The summed E-state index contributed by atoms with van der Waals surface area (Å²) in [5, 5.41) is 0. The Morgan fingerprint density at radius 1 is 1.38 bits per heavy atom. The van der Waals surface area contributed by atoms with Crippen LogP contribution in [0, 0.1) is 7.14 Å². The molecule has 1 rings (SSSR count). The molecule has 0 amide bonds. The number of benzene rings is 1. The molecule has 0 bridgehead atoms. The van der Waals surface area contributed by atoms with Gasteiger partial charge in [0.15, 0.2) is 5.78 Å². The molecule has 0 radical (unpaired) electrons. The third-order valence-corrected chi connectivity index (χ3v) is 3.34. The Hall–Kier alpha value is 0.150. The molecule has 0 spiro atoms. The Bertz CT molecular complexity index is 348. The molecule has 0 aliphatic rings. The maximum absolute atomic E-state index is 11.2. The highest BCUT2D eigenvalue weighted by Crippen LogP contribution is 2.27. The maximum atomic E-state index is 11.2. The first-order chi connectivity index (χ1) is 6.06. The number of methoxy groups -OCH3 is 1. The second-order valence-electron chi connectivity index (χ2n) is 2.53. The number of ether oxygens (including phenoxy) is 1. The molecule has 0 aliphatic carbocycles. The molecule has 0 aliphatic heterocycles. The number of carbonyl (C=O) groups excluding carboxylic acids is 1. The van der Waals surface area contributed by atoms with Crippen LogP contribution in [0.2, 0.25) is 0 Å². The molecule has 0 fully saturated rings. The largest absolute Gasteiger partial charge is 0.496 e. The number of halogens is 2. The lowest BCUT2D eigenvalue weighted by Crippen LogP contribution is -1.99. The SMILES string of the molecule is COc1cc(I)cc(C(C)=O)c1I. The summed E-state index contributed by atoms with van der Waals surface area (Å²) in [7, 11) is 1.61. The fourth-order valence-corrected chi connectivity index (χ4v) is 2.47. The monoisotopic (exact) mass is 402 g/mol. The van der Waals surface area contributed by atoms with Crippen molar-refractivity contribution in [1.29, 1.82) is 0 Å². The van der Waals surface area contributed by atoms with Gasteiger partial charge in [0.2, 0.25) is 0 Å². The highest BCUT2D eigenvalue weighted by molar-refractivity contribution is 14.1. The van der Waals surface area contributed by atoms with E-state index < -0.39 is 0 Å². The van der Waals surface area contributed by atoms with E-state index in [1.54, 1.807) is 14.0 Å². The molecule has 0 N–H and O–H groups in total. The molecule has 0 unspecified atom stereocenters. The summed E-state index contributed by atoms with van der Waals surface area (Å²) in [4.78, 5) is 11.2. The van der Waals surface area contributed by atoms with E-state index in [9.17, 15) is 4.79 Å². The zero-order chi connectivity index (χ0) is 10.0. The van der Waals surface area contributed by atoms with E-state index in [1.807, 2.05) is 12.1 Å². The summed E-state index contributed by atoms with van der Waals surface area (Å²) in [6, 6.07) is 3.78. The van der Waals surface area contributed by atoms with Crippen LogP contribution in [0.4, 0.5) is 0 Å². The molecule has 0 aromatic heterocycles. The fourth-order valence-electron chi connectivity index (χ4n) is 0.969. The first-order valence-electron chi connectivity index (χ1n) is 3.60. The quantitative estimate of drug-likeness (QED) is 0.562. The van der Waals surface area contributed by atoms with Crippen LogP contribution in [-0.2, 0) is 0 Å².